The molecule has 0 bridgehead atoms. The molecule has 0 aliphatic heterocycles. The lowest BCUT2D eigenvalue weighted by molar-refractivity contribution is -0.143. The van der Waals surface area contributed by atoms with Gasteiger partial charge in [-0.2, -0.15) is 0 Å². The molecular weight excluding hydrogens is 275 g/mol. The maximum absolute atomic E-state index is 13.3. The molecule has 0 saturated heterocycles. The van der Waals surface area contributed by atoms with Gasteiger partial charge in [-0.25, -0.2) is 4.39 Å². The molecule has 1 amide bonds. The van der Waals surface area contributed by atoms with Crippen molar-refractivity contribution in [1.29, 1.82) is 0 Å². The van der Waals surface area contributed by atoms with Crippen LogP contribution in [0.3, 0.4) is 0 Å². The van der Waals surface area contributed by atoms with E-state index in [4.69, 9.17) is 10.8 Å². The number of rotatable bonds is 4. The van der Waals surface area contributed by atoms with E-state index in [2.05, 4.69) is 5.32 Å². The number of halogens is 1. The van der Waals surface area contributed by atoms with E-state index < -0.39 is 11.8 Å². The summed E-state index contributed by atoms with van der Waals surface area (Å²) in [6, 6.07) is 3.96. The Labute approximate surface area is 122 Å². The summed E-state index contributed by atoms with van der Waals surface area (Å²) < 4.78 is 13.3. The Morgan fingerprint density at radius 2 is 1.95 bits per heavy atom. The number of anilines is 1. The predicted molar refractivity (Wildman–Crippen MR) is 76.2 cm³/mol. The summed E-state index contributed by atoms with van der Waals surface area (Å²) in [6.45, 7) is 0.483. The van der Waals surface area contributed by atoms with Gasteiger partial charge < -0.3 is 16.2 Å². The van der Waals surface area contributed by atoms with Crippen LogP contribution >= 0.6 is 0 Å². The minimum atomic E-state index is -0.741. The number of nitrogens with two attached hydrogens (primary N) is 1. The number of benzene rings is 1. The average Bonchev–Trinajstić information content (AvgIpc) is 2.48. The summed E-state index contributed by atoms with van der Waals surface area (Å²) in [5.74, 6) is -1.67. The van der Waals surface area contributed by atoms with Crippen LogP contribution in [-0.4, -0.2) is 23.5 Å². The normalized spacial score (nSPS) is 21.8. The van der Waals surface area contributed by atoms with Crippen molar-refractivity contribution in [3.63, 3.8) is 0 Å². The number of nitrogens with one attached hydrogen (secondary N) is 1. The van der Waals surface area contributed by atoms with Crippen molar-refractivity contribution in [3.05, 3.63) is 29.6 Å². The highest BCUT2D eigenvalue weighted by molar-refractivity contribution is 5.94. The van der Waals surface area contributed by atoms with Crippen molar-refractivity contribution in [3.8, 4) is 0 Å². The molecule has 0 aromatic heterocycles. The van der Waals surface area contributed by atoms with Gasteiger partial charge in [-0.05, 0) is 49.8 Å². The molecule has 0 heterocycles. The topological polar surface area (TPSA) is 92.4 Å². The third-order valence-corrected chi connectivity index (χ3v) is 4.01. The van der Waals surface area contributed by atoms with Crippen LogP contribution in [0.5, 0.6) is 0 Å². The standard InChI is InChI=1S/C15H19FN2O3/c16-12-7-11(5-6-13(12)17)14(19)18-8-9-1-3-10(4-2-9)15(20)21/h5-7,9-10H,1-4,8,17H2,(H,18,19)(H,20,21). The van der Waals surface area contributed by atoms with Crippen molar-refractivity contribution >= 4 is 17.6 Å². The number of carboxylic acid groups (broad SMARTS) is 1. The molecule has 0 radical (unpaired) electrons. The van der Waals surface area contributed by atoms with E-state index >= 15 is 0 Å². The number of aliphatic carboxylic acids is 1. The average molecular weight is 294 g/mol. The predicted octanol–water partition coefficient (Wildman–Crippen LogP) is 2.03. The van der Waals surface area contributed by atoms with Gasteiger partial charge in [0.25, 0.3) is 5.91 Å². The minimum Gasteiger partial charge on any atom is -0.481 e. The number of nitrogen functional groups attached to an aromatic ring is 1. The maximum atomic E-state index is 13.3. The molecule has 0 unspecified atom stereocenters. The number of carboxylic acids is 1. The van der Waals surface area contributed by atoms with Gasteiger partial charge in [-0.15, -0.1) is 0 Å². The van der Waals surface area contributed by atoms with Crippen LogP contribution in [-0.2, 0) is 4.79 Å². The summed E-state index contributed by atoms with van der Waals surface area (Å²) in [4.78, 5) is 22.8. The van der Waals surface area contributed by atoms with Gasteiger partial charge in [0.2, 0.25) is 0 Å². The first-order valence-electron chi connectivity index (χ1n) is 7.03. The lowest BCUT2D eigenvalue weighted by Gasteiger charge is -2.26. The van der Waals surface area contributed by atoms with E-state index in [0.29, 0.717) is 19.4 Å². The summed E-state index contributed by atoms with van der Waals surface area (Å²) in [6.07, 6.45) is 2.86. The molecule has 4 N–H and O–H groups in total. The first kappa shape index (κ1) is 15.3. The molecule has 1 fully saturated rings. The molecule has 1 aliphatic rings. The highest BCUT2D eigenvalue weighted by Gasteiger charge is 2.26. The fraction of sp³-hybridized carbons (Fsp3) is 0.467. The second kappa shape index (κ2) is 6.56. The van der Waals surface area contributed by atoms with Gasteiger partial charge in [0.05, 0.1) is 11.6 Å². The SMILES string of the molecule is Nc1ccc(C(=O)NCC2CCC(C(=O)O)CC2)cc1F. The van der Waals surface area contributed by atoms with Crippen molar-refractivity contribution in [2.24, 2.45) is 11.8 Å². The lowest BCUT2D eigenvalue weighted by Crippen LogP contribution is -2.32. The zero-order chi connectivity index (χ0) is 15.4. The number of carbonyl (C=O) groups excluding carboxylic acids is 1. The largest absolute Gasteiger partial charge is 0.481 e. The third-order valence-electron chi connectivity index (χ3n) is 4.01. The van der Waals surface area contributed by atoms with Crippen LogP contribution in [0.25, 0.3) is 0 Å². The van der Waals surface area contributed by atoms with Crippen molar-refractivity contribution in [2.75, 3.05) is 12.3 Å². The van der Waals surface area contributed by atoms with Crippen molar-refractivity contribution in [2.45, 2.75) is 25.7 Å². The van der Waals surface area contributed by atoms with Gasteiger partial charge in [-0.1, -0.05) is 0 Å². The van der Waals surface area contributed by atoms with Crippen LogP contribution in [0.4, 0.5) is 10.1 Å². The third kappa shape index (κ3) is 3.93. The molecule has 114 valence electrons. The number of hydrogen-bond acceptors (Lipinski definition) is 3. The zero-order valence-electron chi connectivity index (χ0n) is 11.6. The van der Waals surface area contributed by atoms with Crippen LogP contribution in [0, 0.1) is 17.7 Å². The highest BCUT2D eigenvalue weighted by Crippen LogP contribution is 2.28. The van der Waals surface area contributed by atoms with Crippen LogP contribution in [0.2, 0.25) is 0 Å². The van der Waals surface area contributed by atoms with E-state index in [0.717, 1.165) is 18.9 Å². The molecule has 1 aromatic carbocycles. The first-order chi connectivity index (χ1) is 9.97. The van der Waals surface area contributed by atoms with Gasteiger partial charge >= 0.3 is 5.97 Å². The molecule has 1 aliphatic carbocycles. The maximum Gasteiger partial charge on any atom is 0.306 e. The van der Waals surface area contributed by atoms with E-state index in [-0.39, 0.29) is 29.0 Å². The van der Waals surface area contributed by atoms with Gasteiger partial charge in [0.1, 0.15) is 5.82 Å². The summed E-state index contributed by atoms with van der Waals surface area (Å²) in [5, 5.41) is 11.7. The van der Waals surface area contributed by atoms with E-state index in [9.17, 15) is 14.0 Å². The Morgan fingerprint density at radius 3 is 2.52 bits per heavy atom. The van der Waals surface area contributed by atoms with Crippen molar-refractivity contribution < 1.29 is 19.1 Å². The Kier molecular flexibility index (Phi) is 4.77. The molecule has 21 heavy (non-hydrogen) atoms. The van der Waals surface area contributed by atoms with E-state index in [1.54, 1.807) is 0 Å². The van der Waals surface area contributed by atoms with Gasteiger partial charge in [-0.3, -0.25) is 9.59 Å². The number of hydrogen-bond donors (Lipinski definition) is 3. The fourth-order valence-electron chi connectivity index (χ4n) is 2.62. The summed E-state index contributed by atoms with van der Waals surface area (Å²) in [5.41, 5.74) is 5.61. The second-order valence-corrected chi connectivity index (χ2v) is 5.50. The molecular formula is C15H19FN2O3. The van der Waals surface area contributed by atoms with Crippen molar-refractivity contribution in [1.82, 2.24) is 5.32 Å². The minimum absolute atomic E-state index is 0.0125. The smallest absolute Gasteiger partial charge is 0.306 e. The Bertz CT molecular complexity index is 540. The summed E-state index contributed by atoms with van der Waals surface area (Å²) >= 11 is 0. The Morgan fingerprint density at radius 1 is 1.29 bits per heavy atom. The second-order valence-electron chi connectivity index (χ2n) is 5.50. The Balaban J connectivity index is 1.82. The molecule has 6 heteroatoms. The van der Waals surface area contributed by atoms with Crippen LogP contribution in [0.1, 0.15) is 36.0 Å². The van der Waals surface area contributed by atoms with Gasteiger partial charge in [0.15, 0.2) is 0 Å². The molecule has 1 saturated carbocycles. The first-order valence-corrected chi connectivity index (χ1v) is 7.03. The Hall–Kier alpha value is -2.11. The van der Waals surface area contributed by atoms with E-state index in [1.165, 1.54) is 12.1 Å². The molecule has 0 atom stereocenters. The number of amides is 1. The van der Waals surface area contributed by atoms with Crippen LogP contribution in [0.15, 0.2) is 18.2 Å². The zero-order valence-corrected chi connectivity index (χ0v) is 11.6. The van der Waals surface area contributed by atoms with Crippen LogP contribution < -0.4 is 11.1 Å². The molecule has 0 spiro atoms. The molecule has 5 nitrogen and oxygen atoms in total. The van der Waals surface area contributed by atoms with E-state index in [1.807, 2.05) is 0 Å². The fourth-order valence-corrected chi connectivity index (χ4v) is 2.62. The number of carbonyl (C=O) groups is 2. The quantitative estimate of drug-likeness (QED) is 0.741. The monoisotopic (exact) mass is 294 g/mol. The summed E-state index contributed by atoms with van der Waals surface area (Å²) in [7, 11) is 0. The lowest BCUT2D eigenvalue weighted by atomic mass is 9.82. The highest BCUT2D eigenvalue weighted by atomic mass is 19.1. The molecule has 2 rings (SSSR count). The van der Waals surface area contributed by atoms with Gasteiger partial charge in [0, 0.05) is 12.1 Å². The molecule has 1 aromatic rings.